The summed E-state index contributed by atoms with van der Waals surface area (Å²) in [5.41, 5.74) is 0.224. The number of Topliss-reactive ketones (excluding diaryl/α,β-unsaturated/α-hetero) is 2. The Bertz CT molecular complexity index is 954. The molecule has 0 unspecified atom stereocenters. The Labute approximate surface area is 159 Å². The maximum absolute atomic E-state index is 13.4. The Morgan fingerprint density at radius 3 is 2.64 bits per heavy atom. The number of benzene rings is 2. The molecule has 0 atom stereocenters. The Morgan fingerprint density at radius 1 is 1.18 bits per heavy atom. The molecular formula is C20H16FNO6. The Morgan fingerprint density at radius 2 is 1.93 bits per heavy atom. The molecule has 1 aliphatic rings. The molecule has 7 nitrogen and oxygen atoms in total. The largest absolute Gasteiger partial charge is 0.496 e. The minimum atomic E-state index is -1.01. The third-order valence-corrected chi connectivity index (χ3v) is 3.89. The molecule has 8 heteroatoms. The summed E-state index contributed by atoms with van der Waals surface area (Å²) in [6.07, 6.45) is 0. The van der Waals surface area contributed by atoms with Gasteiger partial charge in [-0.3, -0.25) is 9.59 Å². The molecule has 0 fully saturated rings. The molecule has 0 aliphatic carbocycles. The molecular weight excluding hydrogens is 369 g/mol. The van der Waals surface area contributed by atoms with Crippen LogP contribution in [-0.4, -0.2) is 37.9 Å². The lowest BCUT2D eigenvalue weighted by Gasteiger charge is -2.10. The number of rotatable bonds is 7. The lowest BCUT2D eigenvalue weighted by atomic mass is 10.1. The highest BCUT2D eigenvalue weighted by Crippen LogP contribution is 2.22. The normalized spacial score (nSPS) is 13.1. The predicted octanol–water partition coefficient (Wildman–Crippen LogP) is 2.48. The van der Waals surface area contributed by atoms with Gasteiger partial charge in [0.05, 0.1) is 12.7 Å². The van der Waals surface area contributed by atoms with Gasteiger partial charge in [0, 0.05) is 5.69 Å². The van der Waals surface area contributed by atoms with Crippen molar-refractivity contribution < 1.29 is 33.0 Å². The number of esters is 1. The van der Waals surface area contributed by atoms with Crippen LogP contribution in [0.5, 0.6) is 5.75 Å². The fourth-order valence-electron chi connectivity index (χ4n) is 2.55. The third kappa shape index (κ3) is 4.17. The molecule has 2 aromatic carbocycles. The van der Waals surface area contributed by atoms with Crippen LogP contribution in [0.4, 0.5) is 10.1 Å². The van der Waals surface area contributed by atoms with Crippen LogP contribution < -0.4 is 10.1 Å². The average molecular weight is 385 g/mol. The average Bonchev–Trinajstić information content (AvgIpc) is 3.06. The molecule has 144 valence electrons. The topological polar surface area (TPSA) is 90.9 Å². The number of ether oxygens (including phenoxy) is 3. The van der Waals surface area contributed by atoms with E-state index in [-0.39, 0.29) is 29.4 Å². The number of carbonyl (C=O) groups excluding carboxylic acids is 3. The van der Waals surface area contributed by atoms with Crippen LogP contribution in [0.3, 0.4) is 0 Å². The molecule has 0 saturated carbocycles. The number of hydrogen-bond acceptors (Lipinski definition) is 7. The van der Waals surface area contributed by atoms with E-state index in [0.29, 0.717) is 5.69 Å². The SMILES string of the molecule is COc1ccc(F)cc1C(=O)COC(=O)C1=C(Nc2ccccc2)OCC1=O. The Balaban J connectivity index is 1.72. The second-order valence-electron chi connectivity index (χ2n) is 5.75. The van der Waals surface area contributed by atoms with Crippen molar-refractivity contribution >= 4 is 23.2 Å². The van der Waals surface area contributed by atoms with Gasteiger partial charge in [-0.25, -0.2) is 9.18 Å². The van der Waals surface area contributed by atoms with Crippen molar-refractivity contribution in [1.82, 2.24) is 0 Å². The van der Waals surface area contributed by atoms with Gasteiger partial charge in [-0.1, -0.05) is 18.2 Å². The van der Waals surface area contributed by atoms with Gasteiger partial charge in [-0.15, -0.1) is 0 Å². The second-order valence-corrected chi connectivity index (χ2v) is 5.75. The molecule has 1 aliphatic heterocycles. The van der Waals surface area contributed by atoms with E-state index in [1.54, 1.807) is 24.3 Å². The van der Waals surface area contributed by atoms with Crippen LogP contribution in [0.15, 0.2) is 60.0 Å². The Hall–Kier alpha value is -3.68. The maximum Gasteiger partial charge on any atom is 0.347 e. The minimum absolute atomic E-state index is 0.0445. The predicted molar refractivity (Wildman–Crippen MR) is 96.3 cm³/mol. The van der Waals surface area contributed by atoms with Crippen LogP contribution in [0.25, 0.3) is 0 Å². The minimum Gasteiger partial charge on any atom is -0.496 e. The summed E-state index contributed by atoms with van der Waals surface area (Å²) in [6.45, 7) is -1.00. The first-order valence-electron chi connectivity index (χ1n) is 8.26. The van der Waals surface area contributed by atoms with Crippen molar-refractivity contribution in [2.45, 2.75) is 0 Å². The molecule has 0 saturated heterocycles. The smallest absolute Gasteiger partial charge is 0.347 e. The van der Waals surface area contributed by atoms with Crippen LogP contribution >= 0.6 is 0 Å². The molecule has 0 radical (unpaired) electrons. The molecule has 0 bridgehead atoms. The number of anilines is 1. The third-order valence-electron chi connectivity index (χ3n) is 3.89. The number of carbonyl (C=O) groups is 3. The van der Waals surface area contributed by atoms with Crippen LogP contribution in [0, 0.1) is 5.82 Å². The van der Waals surface area contributed by atoms with Gasteiger partial charge in [0.15, 0.2) is 18.8 Å². The van der Waals surface area contributed by atoms with Gasteiger partial charge >= 0.3 is 5.97 Å². The molecule has 0 amide bonds. The van der Waals surface area contributed by atoms with Crippen LogP contribution in [-0.2, 0) is 19.1 Å². The first kappa shape index (κ1) is 19.1. The van der Waals surface area contributed by atoms with Crippen LogP contribution in [0.1, 0.15) is 10.4 Å². The molecule has 1 heterocycles. The van der Waals surface area contributed by atoms with E-state index in [9.17, 15) is 18.8 Å². The summed E-state index contributed by atoms with van der Waals surface area (Å²) in [6, 6.07) is 12.2. The standard InChI is InChI=1S/C20H16FNO6/c1-26-17-8-7-12(21)9-14(17)15(23)10-28-20(25)18-16(24)11-27-19(18)22-13-5-3-2-4-6-13/h2-9,22H,10-11H2,1H3. The summed E-state index contributed by atoms with van der Waals surface area (Å²) in [7, 11) is 1.33. The van der Waals surface area contributed by atoms with Gasteiger partial charge in [-0.2, -0.15) is 0 Å². The quantitative estimate of drug-likeness (QED) is 0.445. The highest BCUT2D eigenvalue weighted by molar-refractivity contribution is 6.20. The summed E-state index contributed by atoms with van der Waals surface area (Å²) in [4.78, 5) is 36.6. The van der Waals surface area contributed by atoms with E-state index in [1.807, 2.05) is 6.07 Å². The van der Waals surface area contributed by atoms with Crippen molar-refractivity contribution in [1.29, 1.82) is 0 Å². The lowest BCUT2D eigenvalue weighted by Crippen LogP contribution is -2.20. The number of nitrogens with one attached hydrogen (secondary N) is 1. The number of halogens is 1. The van der Waals surface area contributed by atoms with E-state index < -0.39 is 30.0 Å². The van der Waals surface area contributed by atoms with Crippen molar-refractivity contribution in [3.63, 3.8) is 0 Å². The molecule has 1 N–H and O–H groups in total. The zero-order valence-electron chi connectivity index (χ0n) is 14.9. The fraction of sp³-hybridized carbons (Fsp3) is 0.150. The summed E-state index contributed by atoms with van der Waals surface area (Å²) in [5, 5.41) is 2.83. The Kier molecular flexibility index (Phi) is 5.69. The number of methoxy groups -OCH3 is 1. The number of hydrogen-bond donors (Lipinski definition) is 1. The van der Waals surface area contributed by atoms with E-state index in [4.69, 9.17) is 14.2 Å². The molecule has 28 heavy (non-hydrogen) atoms. The summed E-state index contributed by atoms with van der Waals surface area (Å²) in [5.74, 6) is -2.78. The molecule has 3 rings (SSSR count). The number of para-hydroxylation sites is 1. The first-order chi connectivity index (χ1) is 13.5. The van der Waals surface area contributed by atoms with E-state index in [1.165, 1.54) is 13.2 Å². The van der Waals surface area contributed by atoms with Crippen molar-refractivity contribution in [2.75, 3.05) is 25.6 Å². The maximum atomic E-state index is 13.4. The van der Waals surface area contributed by atoms with E-state index in [2.05, 4.69) is 5.32 Å². The van der Waals surface area contributed by atoms with Gasteiger partial charge in [-0.05, 0) is 30.3 Å². The van der Waals surface area contributed by atoms with Gasteiger partial charge in [0.2, 0.25) is 17.4 Å². The summed E-state index contributed by atoms with van der Waals surface area (Å²) < 4.78 is 28.6. The van der Waals surface area contributed by atoms with Crippen molar-refractivity contribution in [3.8, 4) is 5.75 Å². The van der Waals surface area contributed by atoms with Crippen molar-refractivity contribution in [2.24, 2.45) is 0 Å². The zero-order valence-corrected chi connectivity index (χ0v) is 14.9. The molecule has 0 spiro atoms. The first-order valence-corrected chi connectivity index (χ1v) is 8.26. The fourth-order valence-corrected chi connectivity index (χ4v) is 2.55. The van der Waals surface area contributed by atoms with E-state index >= 15 is 0 Å². The number of ketones is 2. The van der Waals surface area contributed by atoms with Crippen LogP contribution in [0.2, 0.25) is 0 Å². The lowest BCUT2D eigenvalue weighted by molar-refractivity contribution is -0.139. The highest BCUT2D eigenvalue weighted by atomic mass is 19.1. The highest BCUT2D eigenvalue weighted by Gasteiger charge is 2.33. The second kappa shape index (κ2) is 8.34. The van der Waals surface area contributed by atoms with Crippen molar-refractivity contribution in [3.05, 3.63) is 71.4 Å². The molecule has 0 aromatic heterocycles. The van der Waals surface area contributed by atoms with Gasteiger partial charge in [0.25, 0.3) is 0 Å². The monoisotopic (exact) mass is 385 g/mol. The summed E-state index contributed by atoms with van der Waals surface area (Å²) >= 11 is 0. The van der Waals surface area contributed by atoms with E-state index in [0.717, 1.165) is 12.1 Å². The van der Waals surface area contributed by atoms with Gasteiger partial charge < -0.3 is 19.5 Å². The molecule has 2 aromatic rings. The zero-order chi connectivity index (χ0) is 20.1. The van der Waals surface area contributed by atoms with Gasteiger partial charge in [0.1, 0.15) is 11.6 Å².